The summed E-state index contributed by atoms with van der Waals surface area (Å²) >= 11 is 0. The zero-order valence-corrected chi connectivity index (χ0v) is 7.76. The van der Waals surface area contributed by atoms with Crippen LogP contribution in [0, 0.1) is 0 Å². The van der Waals surface area contributed by atoms with Crippen LogP contribution in [-0.4, -0.2) is 34.2 Å². The molecule has 1 N–H and O–H groups in total. The molecule has 1 rings (SSSR count). The summed E-state index contributed by atoms with van der Waals surface area (Å²) in [7, 11) is 1.53. The minimum Gasteiger partial charge on any atom is -0.476 e. The maximum absolute atomic E-state index is 10.9. The third-order valence-electron chi connectivity index (χ3n) is 1.69. The summed E-state index contributed by atoms with van der Waals surface area (Å²) in [5, 5.41) is 15.6. The molecule has 0 unspecified atom stereocenters. The minimum absolute atomic E-state index is 0.147. The number of rotatable bonds is 2. The standard InChI is InChI=1S/C8H9N3O3/c1-5(12)11(2)7-4-3-6(8(13)14)9-10-7/h3-4H,1-2H3,(H,13,14). The summed E-state index contributed by atoms with van der Waals surface area (Å²) in [6, 6.07) is 2.72. The number of anilines is 1. The first-order valence-corrected chi connectivity index (χ1v) is 3.83. The van der Waals surface area contributed by atoms with Crippen LogP contribution in [0.3, 0.4) is 0 Å². The van der Waals surface area contributed by atoms with Crippen LogP contribution in [0.4, 0.5) is 5.82 Å². The highest BCUT2D eigenvalue weighted by Crippen LogP contribution is 2.07. The number of carbonyl (C=O) groups is 2. The average Bonchev–Trinajstić information content (AvgIpc) is 2.16. The number of carbonyl (C=O) groups excluding carboxylic acids is 1. The molecule has 6 heteroatoms. The average molecular weight is 195 g/mol. The second-order valence-electron chi connectivity index (χ2n) is 2.66. The Kier molecular flexibility index (Phi) is 2.76. The molecule has 0 aromatic carbocycles. The van der Waals surface area contributed by atoms with Gasteiger partial charge < -0.3 is 5.11 Å². The van der Waals surface area contributed by atoms with Gasteiger partial charge in [0.25, 0.3) is 0 Å². The highest BCUT2D eigenvalue weighted by molar-refractivity contribution is 5.90. The Morgan fingerprint density at radius 3 is 2.36 bits per heavy atom. The summed E-state index contributed by atoms with van der Waals surface area (Å²) in [6.07, 6.45) is 0. The second-order valence-corrected chi connectivity index (χ2v) is 2.66. The van der Waals surface area contributed by atoms with Gasteiger partial charge >= 0.3 is 5.97 Å². The lowest BCUT2D eigenvalue weighted by atomic mass is 10.4. The first-order chi connectivity index (χ1) is 6.52. The highest BCUT2D eigenvalue weighted by atomic mass is 16.4. The fourth-order valence-corrected chi connectivity index (χ4v) is 0.779. The molecule has 0 saturated carbocycles. The van der Waals surface area contributed by atoms with Crippen LogP contribution in [0.25, 0.3) is 0 Å². The lowest BCUT2D eigenvalue weighted by molar-refractivity contribution is -0.116. The Morgan fingerprint density at radius 1 is 1.36 bits per heavy atom. The van der Waals surface area contributed by atoms with Crippen LogP contribution in [0.5, 0.6) is 0 Å². The minimum atomic E-state index is -1.14. The largest absolute Gasteiger partial charge is 0.476 e. The van der Waals surface area contributed by atoms with Gasteiger partial charge in [-0.25, -0.2) is 4.79 Å². The number of amides is 1. The van der Waals surface area contributed by atoms with Crippen molar-refractivity contribution < 1.29 is 14.7 Å². The van der Waals surface area contributed by atoms with Crippen molar-refractivity contribution in [3.05, 3.63) is 17.8 Å². The van der Waals surface area contributed by atoms with E-state index in [1.54, 1.807) is 0 Å². The molecule has 6 nitrogen and oxygen atoms in total. The third-order valence-corrected chi connectivity index (χ3v) is 1.69. The fraction of sp³-hybridized carbons (Fsp3) is 0.250. The van der Waals surface area contributed by atoms with E-state index in [0.717, 1.165) is 0 Å². The molecule has 14 heavy (non-hydrogen) atoms. The molecule has 0 saturated heterocycles. The second kappa shape index (κ2) is 3.82. The number of nitrogens with zero attached hydrogens (tertiary/aromatic N) is 3. The maximum atomic E-state index is 10.9. The van der Waals surface area contributed by atoms with Crippen LogP contribution in [0.2, 0.25) is 0 Å². The molecule has 1 heterocycles. The van der Waals surface area contributed by atoms with E-state index in [0.29, 0.717) is 5.82 Å². The van der Waals surface area contributed by atoms with Crippen LogP contribution in [0.15, 0.2) is 12.1 Å². The van der Waals surface area contributed by atoms with Gasteiger partial charge in [-0.05, 0) is 12.1 Å². The van der Waals surface area contributed by atoms with Gasteiger partial charge in [-0.3, -0.25) is 9.69 Å². The number of hydrogen-bond acceptors (Lipinski definition) is 4. The number of hydrogen-bond donors (Lipinski definition) is 1. The van der Waals surface area contributed by atoms with E-state index in [1.165, 1.54) is 31.0 Å². The summed E-state index contributed by atoms with van der Waals surface area (Å²) in [5.41, 5.74) is -0.147. The Labute approximate surface area is 80.2 Å². The zero-order valence-electron chi connectivity index (χ0n) is 7.76. The van der Waals surface area contributed by atoms with Crippen molar-refractivity contribution in [3.63, 3.8) is 0 Å². The van der Waals surface area contributed by atoms with Crippen LogP contribution >= 0.6 is 0 Å². The molecule has 1 aromatic heterocycles. The van der Waals surface area contributed by atoms with E-state index in [9.17, 15) is 9.59 Å². The lowest BCUT2D eigenvalue weighted by Gasteiger charge is -2.11. The Bertz CT molecular complexity index is 361. The van der Waals surface area contributed by atoms with Gasteiger partial charge in [-0.15, -0.1) is 10.2 Å². The fourth-order valence-electron chi connectivity index (χ4n) is 0.779. The number of aromatic carboxylic acids is 1. The number of carboxylic acid groups (broad SMARTS) is 1. The molecule has 1 aromatic rings. The van der Waals surface area contributed by atoms with Gasteiger partial charge in [0.1, 0.15) is 0 Å². The quantitative estimate of drug-likeness (QED) is 0.726. The van der Waals surface area contributed by atoms with Crippen LogP contribution in [0.1, 0.15) is 17.4 Å². The van der Waals surface area contributed by atoms with Crippen molar-refractivity contribution in [2.45, 2.75) is 6.92 Å². The summed E-state index contributed by atoms with van der Waals surface area (Å²) < 4.78 is 0. The Morgan fingerprint density at radius 2 is 2.00 bits per heavy atom. The van der Waals surface area contributed by atoms with E-state index in [4.69, 9.17) is 5.11 Å². The molecule has 0 aliphatic rings. The third kappa shape index (κ3) is 2.03. The monoisotopic (exact) mass is 195 g/mol. The van der Waals surface area contributed by atoms with Crippen molar-refractivity contribution in [1.29, 1.82) is 0 Å². The SMILES string of the molecule is CC(=O)N(C)c1ccc(C(=O)O)nn1. The lowest BCUT2D eigenvalue weighted by Crippen LogP contribution is -2.24. The molecule has 0 aliphatic carbocycles. The topological polar surface area (TPSA) is 83.4 Å². The Hall–Kier alpha value is -1.98. The van der Waals surface area contributed by atoms with Gasteiger partial charge in [-0.2, -0.15) is 0 Å². The first-order valence-electron chi connectivity index (χ1n) is 3.83. The molecule has 0 fully saturated rings. The van der Waals surface area contributed by atoms with Crippen LogP contribution in [-0.2, 0) is 4.79 Å². The Balaban J connectivity index is 2.94. The summed E-state index contributed by atoms with van der Waals surface area (Å²) in [4.78, 5) is 22.6. The van der Waals surface area contributed by atoms with Gasteiger partial charge in [-0.1, -0.05) is 0 Å². The maximum Gasteiger partial charge on any atom is 0.356 e. The van der Waals surface area contributed by atoms with Crippen molar-refractivity contribution in [1.82, 2.24) is 10.2 Å². The summed E-state index contributed by atoms with van der Waals surface area (Å²) in [5.74, 6) is -1.01. The van der Waals surface area contributed by atoms with Crippen molar-refractivity contribution in [2.24, 2.45) is 0 Å². The number of carboxylic acids is 1. The molecule has 1 amide bonds. The van der Waals surface area contributed by atoms with E-state index < -0.39 is 5.97 Å². The van der Waals surface area contributed by atoms with Gasteiger partial charge in [0.15, 0.2) is 11.5 Å². The normalized spacial score (nSPS) is 9.57. The van der Waals surface area contributed by atoms with E-state index in [2.05, 4.69) is 10.2 Å². The predicted octanol–water partition coefficient (Wildman–Crippen LogP) is 0.157. The highest BCUT2D eigenvalue weighted by Gasteiger charge is 2.09. The smallest absolute Gasteiger partial charge is 0.356 e. The molecule has 0 aliphatic heterocycles. The molecule has 0 radical (unpaired) electrons. The molecule has 0 spiro atoms. The van der Waals surface area contributed by atoms with Crippen molar-refractivity contribution in [2.75, 3.05) is 11.9 Å². The van der Waals surface area contributed by atoms with Gasteiger partial charge in [0.2, 0.25) is 5.91 Å². The number of aromatic nitrogens is 2. The van der Waals surface area contributed by atoms with E-state index in [1.807, 2.05) is 0 Å². The zero-order chi connectivity index (χ0) is 10.7. The van der Waals surface area contributed by atoms with Crippen molar-refractivity contribution >= 4 is 17.7 Å². The molecular formula is C8H9N3O3. The van der Waals surface area contributed by atoms with E-state index >= 15 is 0 Å². The van der Waals surface area contributed by atoms with Crippen molar-refractivity contribution in [3.8, 4) is 0 Å². The predicted molar refractivity (Wildman–Crippen MR) is 48.1 cm³/mol. The molecule has 0 atom stereocenters. The molecular weight excluding hydrogens is 186 g/mol. The summed E-state index contributed by atoms with van der Waals surface area (Å²) in [6.45, 7) is 1.38. The van der Waals surface area contributed by atoms with Gasteiger partial charge in [0, 0.05) is 14.0 Å². The van der Waals surface area contributed by atoms with Gasteiger partial charge in [0.05, 0.1) is 0 Å². The van der Waals surface area contributed by atoms with E-state index in [-0.39, 0.29) is 11.6 Å². The first kappa shape index (κ1) is 10.1. The van der Waals surface area contributed by atoms with Crippen LogP contribution < -0.4 is 4.90 Å². The molecule has 74 valence electrons. The molecule has 0 bridgehead atoms.